The number of likely N-dealkylation sites (tertiary alicyclic amines) is 2. The van der Waals surface area contributed by atoms with E-state index in [0.717, 1.165) is 50.3 Å². The number of aromatic nitrogens is 5. The SMILES string of the molecule is Cn1c(CN2CCCCC2)nnc1C1CCN(C(=O)c2c[nH]c(=O)cn2)CC1. The van der Waals surface area contributed by atoms with E-state index < -0.39 is 0 Å². The van der Waals surface area contributed by atoms with Gasteiger partial charge in [-0.2, -0.15) is 0 Å². The van der Waals surface area contributed by atoms with Crippen molar-refractivity contribution < 1.29 is 4.79 Å². The normalized spacial score (nSPS) is 19.1. The van der Waals surface area contributed by atoms with Crippen molar-refractivity contribution in [2.75, 3.05) is 26.2 Å². The predicted octanol–water partition coefficient (Wildman–Crippen LogP) is 0.904. The van der Waals surface area contributed by atoms with Crippen molar-refractivity contribution in [3.63, 3.8) is 0 Å². The summed E-state index contributed by atoms with van der Waals surface area (Å²) >= 11 is 0. The zero-order chi connectivity index (χ0) is 19.5. The molecule has 4 heterocycles. The average Bonchev–Trinajstić information content (AvgIpc) is 3.09. The number of piperidine rings is 2. The van der Waals surface area contributed by atoms with Crippen LogP contribution in [0.4, 0.5) is 0 Å². The van der Waals surface area contributed by atoms with Crippen LogP contribution >= 0.6 is 0 Å². The molecule has 2 saturated heterocycles. The van der Waals surface area contributed by atoms with E-state index in [1.54, 1.807) is 4.90 Å². The minimum Gasteiger partial charge on any atom is -0.337 e. The van der Waals surface area contributed by atoms with Crippen molar-refractivity contribution in [1.82, 2.24) is 34.5 Å². The molecular formula is C19H27N7O2. The van der Waals surface area contributed by atoms with Crippen LogP contribution in [0.15, 0.2) is 17.2 Å². The minimum atomic E-state index is -0.308. The zero-order valence-electron chi connectivity index (χ0n) is 16.3. The third-order valence-corrected chi connectivity index (χ3v) is 5.85. The number of nitrogens with zero attached hydrogens (tertiary/aromatic N) is 6. The number of H-pyrrole nitrogens is 1. The highest BCUT2D eigenvalue weighted by Crippen LogP contribution is 2.27. The smallest absolute Gasteiger partial charge is 0.273 e. The first-order valence-corrected chi connectivity index (χ1v) is 10.1. The molecule has 2 fully saturated rings. The Bertz CT molecular complexity index is 856. The van der Waals surface area contributed by atoms with E-state index in [2.05, 4.69) is 36.7 Å². The standard InChI is InChI=1S/C19H27N7O2/c1-24-16(13-25-7-3-2-4-8-25)22-23-18(24)14-5-9-26(10-6-14)19(28)15-11-21-17(27)12-20-15/h11-12,14H,2-10,13H2,1H3,(H,21,27). The van der Waals surface area contributed by atoms with E-state index in [-0.39, 0.29) is 17.2 Å². The van der Waals surface area contributed by atoms with E-state index in [1.807, 2.05) is 0 Å². The third-order valence-electron chi connectivity index (χ3n) is 5.85. The Labute approximate surface area is 163 Å². The van der Waals surface area contributed by atoms with Gasteiger partial charge >= 0.3 is 0 Å². The molecule has 9 nitrogen and oxygen atoms in total. The van der Waals surface area contributed by atoms with Gasteiger partial charge in [0.1, 0.15) is 17.3 Å². The van der Waals surface area contributed by atoms with Crippen molar-refractivity contribution in [2.24, 2.45) is 7.05 Å². The fraction of sp³-hybridized carbons (Fsp3) is 0.632. The lowest BCUT2D eigenvalue weighted by molar-refractivity contribution is 0.0704. The molecule has 0 unspecified atom stereocenters. The van der Waals surface area contributed by atoms with E-state index in [1.165, 1.54) is 25.5 Å². The van der Waals surface area contributed by atoms with Gasteiger partial charge in [0.2, 0.25) is 0 Å². The molecule has 2 aliphatic heterocycles. The fourth-order valence-corrected chi connectivity index (χ4v) is 4.15. The van der Waals surface area contributed by atoms with Crippen LogP contribution in [-0.4, -0.2) is 66.6 Å². The molecule has 150 valence electrons. The van der Waals surface area contributed by atoms with Gasteiger partial charge in [-0.05, 0) is 38.8 Å². The van der Waals surface area contributed by atoms with Crippen molar-refractivity contribution in [3.8, 4) is 0 Å². The number of hydrogen-bond acceptors (Lipinski definition) is 6. The van der Waals surface area contributed by atoms with Crippen LogP contribution in [0.5, 0.6) is 0 Å². The van der Waals surface area contributed by atoms with Gasteiger partial charge in [-0.25, -0.2) is 4.98 Å². The van der Waals surface area contributed by atoms with Crippen LogP contribution in [0.1, 0.15) is 60.2 Å². The lowest BCUT2D eigenvalue weighted by atomic mass is 9.95. The van der Waals surface area contributed by atoms with Gasteiger partial charge < -0.3 is 14.5 Å². The van der Waals surface area contributed by atoms with E-state index in [4.69, 9.17) is 0 Å². The molecule has 2 aliphatic rings. The molecule has 28 heavy (non-hydrogen) atoms. The Hall–Kier alpha value is -2.55. The summed E-state index contributed by atoms with van der Waals surface area (Å²) in [7, 11) is 2.05. The highest BCUT2D eigenvalue weighted by atomic mass is 16.2. The second-order valence-corrected chi connectivity index (χ2v) is 7.73. The lowest BCUT2D eigenvalue weighted by Crippen LogP contribution is -2.39. The molecule has 0 saturated carbocycles. The number of hydrogen-bond donors (Lipinski definition) is 1. The molecular weight excluding hydrogens is 358 g/mol. The summed E-state index contributed by atoms with van der Waals surface area (Å²) in [5.41, 5.74) is -0.0292. The summed E-state index contributed by atoms with van der Waals surface area (Å²) in [6, 6.07) is 0. The Kier molecular flexibility index (Phi) is 5.52. The molecule has 2 aromatic rings. The van der Waals surface area contributed by atoms with Crippen LogP contribution in [-0.2, 0) is 13.6 Å². The molecule has 0 aliphatic carbocycles. The van der Waals surface area contributed by atoms with Crippen molar-refractivity contribution >= 4 is 5.91 Å². The summed E-state index contributed by atoms with van der Waals surface area (Å²) in [4.78, 5) is 34.4. The molecule has 4 rings (SSSR count). The van der Waals surface area contributed by atoms with Crippen LogP contribution < -0.4 is 5.56 Å². The maximum Gasteiger partial charge on any atom is 0.273 e. The van der Waals surface area contributed by atoms with Crippen LogP contribution in [0, 0.1) is 0 Å². The fourth-order valence-electron chi connectivity index (χ4n) is 4.15. The van der Waals surface area contributed by atoms with Gasteiger partial charge in [-0.1, -0.05) is 6.42 Å². The number of carbonyl (C=O) groups is 1. The van der Waals surface area contributed by atoms with Gasteiger partial charge in [0, 0.05) is 32.3 Å². The summed E-state index contributed by atoms with van der Waals surface area (Å²) in [6.45, 7) is 4.44. The first-order chi connectivity index (χ1) is 13.6. The summed E-state index contributed by atoms with van der Waals surface area (Å²) < 4.78 is 2.14. The van der Waals surface area contributed by atoms with Crippen molar-refractivity contribution in [1.29, 1.82) is 0 Å². The Morgan fingerprint density at radius 3 is 2.57 bits per heavy atom. The molecule has 0 spiro atoms. The van der Waals surface area contributed by atoms with E-state index in [0.29, 0.717) is 19.0 Å². The Balaban J connectivity index is 1.36. The summed E-state index contributed by atoms with van der Waals surface area (Å²) in [6.07, 6.45) is 8.08. The molecule has 0 bridgehead atoms. The zero-order valence-corrected chi connectivity index (χ0v) is 16.3. The first kappa shape index (κ1) is 18.8. The van der Waals surface area contributed by atoms with Crippen molar-refractivity contribution in [2.45, 2.75) is 44.6 Å². The van der Waals surface area contributed by atoms with E-state index in [9.17, 15) is 9.59 Å². The second-order valence-electron chi connectivity index (χ2n) is 7.73. The molecule has 9 heteroatoms. The maximum atomic E-state index is 12.5. The summed E-state index contributed by atoms with van der Waals surface area (Å²) in [5, 5.41) is 8.92. The molecule has 0 aromatic carbocycles. The van der Waals surface area contributed by atoms with Crippen LogP contribution in [0.2, 0.25) is 0 Å². The van der Waals surface area contributed by atoms with Crippen LogP contribution in [0.25, 0.3) is 0 Å². The predicted molar refractivity (Wildman–Crippen MR) is 103 cm³/mol. The lowest BCUT2D eigenvalue weighted by Gasteiger charge is -2.31. The highest BCUT2D eigenvalue weighted by Gasteiger charge is 2.28. The number of aromatic amines is 1. The monoisotopic (exact) mass is 385 g/mol. The maximum absolute atomic E-state index is 12.5. The molecule has 1 amide bonds. The minimum absolute atomic E-state index is 0.140. The van der Waals surface area contributed by atoms with Crippen LogP contribution in [0.3, 0.4) is 0 Å². The first-order valence-electron chi connectivity index (χ1n) is 10.1. The number of amides is 1. The average molecular weight is 385 g/mol. The van der Waals surface area contributed by atoms with Crippen molar-refractivity contribution in [3.05, 3.63) is 40.1 Å². The third kappa shape index (κ3) is 3.99. The quantitative estimate of drug-likeness (QED) is 0.840. The number of carbonyl (C=O) groups excluding carboxylic acids is 1. The Morgan fingerprint density at radius 1 is 1.14 bits per heavy atom. The molecule has 1 N–H and O–H groups in total. The number of rotatable bonds is 4. The van der Waals surface area contributed by atoms with Gasteiger partial charge in [0.15, 0.2) is 0 Å². The van der Waals surface area contributed by atoms with Gasteiger partial charge in [-0.3, -0.25) is 14.5 Å². The number of nitrogens with one attached hydrogen (secondary N) is 1. The van der Waals surface area contributed by atoms with E-state index >= 15 is 0 Å². The van der Waals surface area contributed by atoms with Gasteiger partial charge in [0.25, 0.3) is 11.5 Å². The molecule has 2 aromatic heterocycles. The molecule has 0 radical (unpaired) electrons. The Morgan fingerprint density at radius 2 is 1.89 bits per heavy atom. The summed E-state index contributed by atoms with van der Waals surface area (Å²) in [5.74, 6) is 2.20. The topological polar surface area (TPSA) is 100 Å². The highest BCUT2D eigenvalue weighted by molar-refractivity contribution is 5.92. The molecule has 0 atom stereocenters. The van der Waals surface area contributed by atoms with Gasteiger partial charge in [-0.15, -0.1) is 10.2 Å². The second kappa shape index (κ2) is 8.22. The largest absolute Gasteiger partial charge is 0.337 e. The van der Waals surface area contributed by atoms with Gasteiger partial charge in [0.05, 0.1) is 12.7 Å².